The monoisotopic (exact) mass is 754 g/mol. The van der Waals surface area contributed by atoms with Gasteiger partial charge >= 0.3 is 6.09 Å². The van der Waals surface area contributed by atoms with Gasteiger partial charge < -0.3 is 40.5 Å². The summed E-state index contributed by atoms with van der Waals surface area (Å²) in [6.07, 6.45) is 7.91. The fourth-order valence-corrected chi connectivity index (χ4v) is 6.20. The van der Waals surface area contributed by atoms with Gasteiger partial charge in [-0.3, -0.25) is 14.6 Å². The molecule has 2 unspecified atom stereocenters. The third-order valence-electron chi connectivity index (χ3n) is 9.14. The normalized spacial score (nSPS) is 15.3. The van der Waals surface area contributed by atoms with Gasteiger partial charge in [-0.05, 0) is 47.4 Å². The van der Waals surface area contributed by atoms with E-state index in [-0.39, 0.29) is 30.5 Å². The first-order valence-electron chi connectivity index (χ1n) is 19.2. The number of rotatable bonds is 12. The van der Waals surface area contributed by atoms with Crippen molar-refractivity contribution in [1.82, 2.24) is 45.7 Å². The van der Waals surface area contributed by atoms with Crippen LogP contribution in [0.5, 0.6) is 0 Å². The first-order chi connectivity index (χ1) is 26.6. The molecule has 0 bridgehead atoms. The van der Waals surface area contributed by atoms with E-state index in [9.17, 15) is 14.4 Å². The minimum Gasteiger partial charge on any atom is -0.453 e. The fraction of sp³-hybridized carbons (Fsp3) is 0.463. The summed E-state index contributed by atoms with van der Waals surface area (Å²) in [6.45, 7) is 13.8. The van der Waals surface area contributed by atoms with Gasteiger partial charge in [-0.15, -0.1) is 0 Å². The molecule has 296 valence electrons. The van der Waals surface area contributed by atoms with Crippen molar-refractivity contribution in [2.24, 2.45) is 10.9 Å². The Kier molecular flexibility index (Phi) is 16.3. The minimum absolute atomic E-state index is 0.0830. The number of carbonyl (C=O) groups is 3. The number of nitrogens with one attached hydrogen (secondary N) is 5. The second-order valence-corrected chi connectivity index (χ2v) is 13.9. The van der Waals surface area contributed by atoms with Crippen LogP contribution in [0.3, 0.4) is 0 Å². The van der Waals surface area contributed by atoms with Gasteiger partial charge in [0.15, 0.2) is 5.96 Å². The number of carbonyl (C=O) groups excluding carboxylic acids is 3. The SMILES string of the molecule is CCC.CCCNC=O.COC(=O)NCc1ncc(-c2ccc(-c3ccc(-c4cnc(C5CCCN5C(=O)C(NC5=NCCN5C)C(C)C)[nH]4)cc3)cc2)[nH]1. The lowest BCUT2D eigenvalue weighted by Crippen LogP contribution is -2.53. The van der Waals surface area contributed by atoms with E-state index in [1.807, 2.05) is 37.2 Å². The van der Waals surface area contributed by atoms with Gasteiger partial charge in [0, 0.05) is 26.7 Å². The van der Waals surface area contributed by atoms with E-state index in [0.29, 0.717) is 18.8 Å². The van der Waals surface area contributed by atoms with Crippen molar-refractivity contribution in [2.75, 3.05) is 40.3 Å². The number of H-pyrrole nitrogens is 2. The Morgan fingerprint density at radius 1 is 0.927 bits per heavy atom. The third kappa shape index (κ3) is 11.7. The lowest BCUT2D eigenvalue weighted by atomic mass is 10.0. The predicted octanol–water partition coefficient (Wildman–Crippen LogP) is 6.13. The Bertz CT molecular complexity index is 1820. The number of hydrogen-bond donors (Lipinski definition) is 5. The van der Waals surface area contributed by atoms with Crippen molar-refractivity contribution in [2.45, 2.75) is 78.9 Å². The Labute approximate surface area is 325 Å². The number of likely N-dealkylation sites (N-methyl/N-ethyl adjacent to an activating group) is 1. The highest BCUT2D eigenvalue weighted by atomic mass is 16.5. The van der Waals surface area contributed by atoms with E-state index in [0.717, 1.165) is 84.3 Å². The zero-order valence-corrected chi connectivity index (χ0v) is 33.3. The van der Waals surface area contributed by atoms with Crippen LogP contribution in [0.25, 0.3) is 33.6 Å². The topological polar surface area (TPSA) is 173 Å². The largest absolute Gasteiger partial charge is 0.453 e. The van der Waals surface area contributed by atoms with E-state index in [1.54, 1.807) is 6.20 Å². The zero-order valence-electron chi connectivity index (χ0n) is 33.3. The molecule has 2 atom stereocenters. The number of methoxy groups -OCH3 is 1. The maximum atomic E-state index is 13.8. The number of guanidine groups is 1. The number of aromatic nitrogens is 4. The van der Waals surface area contributed by atoms with Crippen LogP contribution in [0, 0.1) is 5.92 Å². The maximum Gasteiger partial charge on any atom is 0.407 e. The molecule has 0 aliphatic carbocycles. The molecule has 0 spiro atoms. The Balaban J connectivity index is 0.000000674. The number of aromatic amines is 2. The van der Waals surface area contributed by atoms with E-state index in [1.165, 1.54) is 13.5 Å². The number of likely N-dealkylation sites (tertiary alicyclic amines) is 1. The molecule has 6 rings (SSSR count). The Morgan fingerprint density at radius 2 is 1.53 bits per heavy atom. The first kappa shape index (κ1) is 42.1. The number of hydrogen-bond acceptors (Lipinski definition) is 9. The van der Waals surface area contributed by atoms with Crippen LogP contribution in [-0.4, -0.2) is 100 Å². The summed E-state index contributed by atoms with van der Waals surface area (Å²) in [6, 6.07) is 16.2. The van der Waals surface area contributed by atoms with Gasteiger partial charge in [-0.1, -0.05) is 89.6 Å². The zero-order chi connectivity index (χ0) is 39.7. The van der Waals surface area contributed by atoms with Gasteiger partial charge in [0.25, 0.3) is 0 Å². The summed E-state index contributed by atoms with van der Waals surface area (Å²) in [5.74, 6) is 2.47. The van der Waals surface area contributed by atoms with E-state index >= 15 is 0 Å². The Hall–Kier alpha value is -5.66. The molecule has 4 aromatic rings. The van der Waals surface area contributed by atoms with Crippen LogP contribution in [-0.2, 0) is 20.9 Å². The second-order valence-electron chi connectivity index (χ2n) is 13.9. The quantitative estimate of drug-likeness (QED) is 0.0850. The molecule has 3 amide bonds. The molecular formula is C41H58N10O4. The van der Waals surface area contributed by atoms with Crippen LogP contribution in [0.4, 0.5) is 4.79 Å². The molecular weight excluding hydrogens is 697 g/mol. The molecule has 1 saturated heterocycles. The standard InChI is InChI=1S/C34H41N9O3.C4H9NO.C3H8/c1-21(2)30(41-33-35-15-17-42(33)3)32(44)43-16-5-6-28(43)31-37-19-27(40-31)25-13-9-23(10-14-25)22-7-11-24(12-8-22)26-18-36-29(39-26)20-38-34(45)46-4;1-2-3-5-4-6;1-3-2/h7-14,18-19,21,28,30H,5-6,15-17,20H2,1-4H3,(H,35,41)(H,36,39)(H,37,40)(H,38,45);4H,2-3H2,1H3,(H,5,6);3H2,1-2H3. The second kappa shape index (κ2) is 21.3. The van der Waals surface area contributed by atoms with E-state index < -0.39 is 6.09 Å². The lowest BCUT2D eigenvalue weighted by molar-refractivity contribution is -0.135. The first-order valence-corrected chi connectivity index (χ1v) is 19.2. The van der Waals surface area contributed by atoms with Crippen LogP contribution in [0.2, 0.25) is 0 Å². The molecule has 55 heavy (non-hydrogen) atoms. The number of aliphatic imine (C=N–C) groups is 1. The van der Waals surface area contributed by atoms with Crippen LogP contribution in [0.15, 0.2) is 65.9 Å². The van der Waals surface area contributed by atoms with E-state index in [4.69, 9.17) is 4.98 Å². The summed E-state index contributed by atoms with van der Waals surface area (Å²) in [5, 5.41) is 8.55. The Morgan fingerprint density at radius 3 is 2.05 bits per heavy atom. The van der Waals surface area contributed by atoms with Crippen molar-refractivity contribution in [3.8, 4) is 33.6 Å². The third-order valence-corrected chi connectivity index (χ3v) is 9.14. The van der Waals surface area contributed by atoms with Crippen molar-refractivity contribution < 1.29 is 19.1 Å². The van der Waals surface area contributed by atoms with Crippen LogP contribution in [0.1, 0.15) is 78.0 Å². The van der Waals surface area contributed by atoms with Gasteiger partial charge in [0.1, 0.15) is 17.7 Å². The molecule has 2 aliphatic rings. The molecule has 5 N–H and O–H groups in total. The van der Waals surface area contributed by atoms with E-state index in [2.05, 4.69) is 110 Å². The summed E-state index contributed by atoms with van der Waals surface area (Å²) >= 11 is 0. The smallest absolute Gasteiger partial charge is 0.407 e. The summed E-state index contributed by atoms with van der Waals surface area (Å²) in [7, 11) is 3.33. The molecule has 14 heteroatoms. The van der Waals surface area contributed by atoms with Gasteiger partial charge in [0.05, 0.1) is 50.0 Å². The molecule has 2 aromatic carbocycles. The molecule has 0 radical (unpaired) electrons. The molecule has 2 aromatic heterocycles. The van der Waals surface area contributed by atoms with Crippen molar-refractivity contribution in [1.29, 1.82) is 0 Å². The van der Waals surface area contributed by atoms with Crippen molar-refractivity contribution >= 4 is 24.4 Å². The number of nitrogens with zero attached hydrogens (tertiary/aromatic N) is 5. The number of imidazole rings is 2. The lowest BCUT2D eigenvalue weighted by Gasteiger charge is -2.31. The van der Waals surface area contributed by atoms with Crippen LogP contribution >= 0.6 is 0 Å². The van der Waals surface area contributed by atoms with Crippen molar-refractivity contribution in [3.63, 3.8) is 0 Å². The summed E-state index contributed by atoms with van der Waals surface area (Å²) < 4.78 is 4.60. The minimum atomic E-state index is -0.499. The van der Waals surface area contributed by atoms with Gasteiger partial charge in [0.2, 0.25) is 12.3 Å². The fourth-order valence-electron chi connectivity index (χ4n) is 6.20. The molecule has 0 saturated carbocycles. The molecule has 4 heterocycles. The average molecular weight is 755 g/mol. The molecule has 2 aliphatic heterocycles. The number of ether oxygens (including phenoxy) is 1. The molecule has 14 nitrogen and oxygen atoms in total. The predicted molar refractivity (Wildman–Crippen MR) is 217 cm³/mol. The highest BCUT2D eigenvalue weighted by Crippen LogP contribution is 2.33. The highest BCUT2D eigenvalue weighted by Gasteiger charge is 2.37. The number of benzene rings is 2. The summed E-state index contributed by atoms with van der Waals surface area (Å²) in [4.78, 5) is 59.0. The number of alkyl carbamates (subject to hydrolysis) is 1. The highest BCUT2D eigenvalue weighted by molar-refractivity contribution is 5.90. The van der Waals surface area contributed by atoms with Gasteiger partial charge in [-0.2, -0.15) is 0 Å². The summed E-state index contributed by atoms with van der Waals surface area (Å²) in [5.41, 5.74) is 6.01. The van der Waals surface area contributed by atoms with Gasteiger partial charge in [-0.25, -0.2) is 14.8 Å². The van der Waals surface area contributed by atoms with Crippen LogP contribution < -0.4 is 16.0 Å². The average Bonchev–Trinajstić information content (AvgIpc) is 4.04. The number of amides is 3. The maximum absolute atomic E-state index is 13.8. The van der Waals surface area contributed by atoms with Crippen molar-refractivity contribution in [3.05, 3.63) is 72.6 Å². The molecule has 1 fully saturated rings.